The van der Waals surface area contributed by atoms with Gasteiger partial charge in [0.1, 0.15) is 0 Å². The Kier molecular flexibility index (Phi) is 6.31. The van der Waals surface area contributed by atoms with E-state index in [-0.39, 0.29) is 35.9 Å². The van der Waals surface area contributed by atoms with Crippen LogP contribution >= 0.6 is 0 Å². The molecule has 8 nitrogen and oxygen atoms in total. The van der Waals surface area contributed by atoms with E-state index in [1.807, 2.05) is 13.8 Å². The normalized spacial score (nSPS) is 26.2. The molecule has 2 saturated heterocycles. The predicted molar refractivity (Wildman–Crippen MR) is 95.0 cm³/mol. The molecule has 0 aliphatic carbocycles. The van der Waals surface area contributed by atoms with Gasteiger partial charge >= 0.3 is 5.97 Å². The van der Waals surface area contributed by atoms with E-state index in [0.717, 1.165) is 0 Å². The van der Waals surface area contributed by atoms with E-state index in [2.05, 4.69) is 0 Å². The molecule has 26 heavy (non-hydrogen) atoms. The average molecular weight is 388 g/mol. The van der Waals surface area contributed by atoms with Crippen molar-refractivity contribution >= 4 is 27.6 Å². The van der Waals surface area contributed by atoms with Gasteiger partial charge < -0.3 is 14.5 Å². The molecular formula is C17H28N2O6S. The highest BCUT2D eigenvalue weighted by atomic mass is 32.2. The van der Waals surface area contributed by atoms with Gasteiger partial charge in [-0.25, -0.2) is 8.42 Å². The van der Waals surface area contributed by atoms with Crippen molar-refractivity contribution in [1.29, 1.82) is 0 Å². The van der Waals surface area contributed by atoms with Crippen molar-refractivity contribution in [2.75, 3.05) is 24.6 Å². The lowest BCUT2D eigenvalue weighted by Gasteiger charge is -2.29. The van der Waals surface area contributed by atoms with E-state index in [4.69, 9.17) is 4.74 Å². The maximum absolute atomic E-state index is 12.6. The number of rotatable bonds is 6. The first-order valence-corrected chi connectivity index (χ1v) is 10.9. The molecule has 2 heterocycles. The van der Waals surface area contributed by atoms with Crippen LogP contribution in [-0.4, -0.2) is 78.8 Å². The van der Waals surface area contributed by atoms with Crippen LogP contribution < -0.4 is 0 Å². The number of carbonyl (C=O) groups is 3. The zero-order valence-corrected chi connectivity index (χ0v) is 16.6. The third-order valence-corrected chi connectivity index (χ3v) is 6.78. The van der Waals surface area contributed by atoms with Gasteiger partial charge in [0.15, 0.2) is 15.9 Å². The number of hydrogen-bond acceptors (Lipinski definition) is 6. The summed E-state index contributed by atoms with van der Waals surface area (Å²) in [6, 6.07) is -0.359. The summed E-state index contributed by atoms with van der Waals surface area (Å²) in [6.07, 6.45) is -0.506. The average Bonchev–Trinajstić information content (AvgIpc) is 3.10. The van der Waals surface area contributed by atoms with Crippen LogP contribution in [0, 0.1) is 5.92 Å². The number of amides is 2. The molecule has 2 aliphatic rings. The van der Waals surface area contributed by atoms with Gasteiger partial charge in [0, 0.05) is 31.6 Å². The third kappa shape index (κ3) is 4.55. The number of carbonyl (C=O) groups excluding carboxylic acids is 3. The monoisotopic (exact) mass is 388 g/mol. The number of likely N-dealkylation sites (N-methyl/N-ethyl adjacent to an activating group) is 1. The summed E-state index contributed by atoms with van der Waals surface area (Å²) >= 11 is 0. The second-order valence-electron chi connectivity index (χ2n) is 7.30. The Balaban J connectivity index is 1.95. The molecule has 3 unspecified atom stereocenters. The van der Waals surface area contributed by atoms with Crippen LogP contribution in [0.25, 0.3) is 0 Å². The van der Waals surface area contributed by atoms with Crippen LogP contribution in [0.5, 0.6) is 0 Å². The van der Waals surface area contributed by atoms with Gasteiger partial charge in [-0.2, -0.15) is 0 Å². The van der Waals surface area contributed by atoms with Crippen molar-refractivity contribution in [3.63, 3.8) is 0 Å². The van der Waals surface area contributed by atoms with Crippen molar-refractivity contribution in [3.05, 3.63) is 0 Å². The van der Waals surface area contributed by atoms with Gasteiger partial charge in [0.2, 0.25) is 5.91 Å². The Bertz CT molecular complexity index is 675. The molecule has 0 N–H and O–H groups in total. The first kappa shape index (κ1) is 20.7. The second-order valence-corrected chi connectivity index (χ2v) is 9.53. The van der Waals surface area contributed by atoms with Crippen molar-refractivity contribution < 1.29 is 27.5 Å². The molecule has 148 valence electrons. The highest BCUT2D eigenvalue weighted by Crippen LogP contribution is 2.23. The maximum atomic E-state index is 12.6. The summed E-state index contributed by atoms with van der Waals surface area (Å²) in [5.41, 5.74) is 0. The SMILES string of the molecule is CCN(C(=O)C(C)OC(=O)C1CC(=O)N(C(C)C)C1)C1CCS(=O)(=O)C1. The van der Waals surface area contributed by atoms with E-state index in [1.165, 1.54) is 11.8 Å². The van der Waals surface area contributed by atoms with Crippen molar-refractivity contribution in [2.45, 2.75) is 58.7 Å². The molecule has 0 aromatic heterocycles. The van der Waals surface area contributed by atoms with Gasteiger partial charge in [0.25, 0.3) is 5.91 Å². The molecule has 2 fully saturated rings. The Morgan fingerprint density at radius 2 is 1.96 bits per heavy atom. The van der Waals surface area contributed by atoms with Crippen LogP contribution in [0.4, 0.5) is 0 Å². The zero-order valence-electron chi connectivity index (χ0n) is 15.8. The van der Waals surface area contributed by atoms with E-state index in [1.54, 1.807) is 11.8 Å². The van der Waals surface area contributed by atoms with E-state index >= 15 is 0 Å². The molecule has 2 rings (SSSR count). The van der Waals surface area contributed by atoms with Gasteiger partial charge in [-0.3, -0.25) is 14.4 Å². The summed E-state index contributed by atoms with van der Waals surface area (Å²) in [7, 11) is -3.11. The molecule has 9 heteroatoms. The fourth-order valence-electron chi connectivity index (χ4n) is 3.56. The Hall–Kier alpha value is -1.64. The molecule has 0 spiro atoms. The van der Waals surface area contributed by atoms with E-state index in [9.17, 15) is 22.8 Å². The molecule has 2 aliphatic heterocycles. The number of nitrogens with zero attached hydrogens (tertiary/aromatic N) is 2. The van der Waals surface area contributed by atoms with Crippen molar-refractivity contribution in [1.82, 2.24) is 9.80 Å². The minimum Gasteiger partial charge on any atom is -0.452 e. The van der Waals surface area contributed by atoms with Gasteiger partial charge in [-0.05, 0) is 34.1 Å². The molecule has 0 radical (unpaired) electrons. The maximum Gasteiger partial charge on any atom is 0.312 e. The second kappa shape index (κ2) is 7.94. The molecular weight excluding hydrogens is 360 g/mol. The summed E-state index contributed by atoms with van der Waals surface area (Å²) in [5.74, 6) is -1.58. The molecule has 3 atom stereocenters. The van der Waals surface area contributed by atoms with Gasteiger partial charge in [-0.15, -0.1) is 0 Å². The summed E-state index contributed by atoms with van der Waals surface area (Å²) < 4.78 is 28.6. The van der Waals surface area contributed by atoms with Crippen LogP contribution in [0.1, 0.15) is 40.5 Å². The van der Waals surface area contributed by atoms with Crippen LogP contribution in [-0.2, 0) is 29.0 Å². The number of likely N-dealkylation sites (tertiary alicyclic amines) is 1. The zero-order chi connectivity index (χ0) is 19.6. The summed E-state index contributed by atoms with van der Waals surface area (Å²) in [5, 5.41) is 0. The molecule has 0 saturated carbocycles. The highest BCUT2D eigenvalue weighted by molar-refractivity contribution is 7.91. The Labute approximate surface area is 154 Å². The number of esters is 1. The van der Waals surface area contributed by atoms with Crippen LogP contribution in [0.15, 0.2) is 0 Å². The minimum absolute atomic E-state index is 0.0132. The van der Waals surface area contributed by atoms with E-state index < -0.39 is 33.7 Å². The molecule has 0 aromatic rings. The summed E-state index contributed by atoms with van der Waals surface area (Å²) in [4.78, 5) is 40.0. The minimum atomic E-state index is -3.11. The smallest absolute Gasteiger partial charge is 0.312 e. The van der Waals surface area contributed by atoms with Gasteiger partial charge in [-0.1, -0.05) is 0 Å². The number of hydrogen-bond donors (Lipinski definition) is 0. The predicted octanol–water partition coefficient (Wildman–Crippen LogP) is 0.211. The Morgan fingerprint density at radius 3 is 2.42 bits per heavy atom. The van der Waals surface area contributed by atoms with Crippen LogP contribution in [0.2, 0.25) is 0 Å². The Morgan fingerprint density at radius 1 is 1.31 bits per heavy atom. The molecule has 0 aromatic carbocycles. The highest BCUT2D eigenvalue weighted by Gasteiger charge is 2.39. The van der Waals surface area contributed by atoms with Crippen molar-refractivity contribution in [2.24, 2.45) is 5.92 Å². The lowest BCUT2D eigenvalue weighted by Crippen LogP contribution is -2.47. The lowest BCUT2D eigenvalue weighted by molar-refractivity contribution is -0.163. The fraction of sp³-hybridized carbons (Fsp3) is 0.824. The quantitative estimate of drug-likeness (QED) is 0.603. The lowest BCUT2D eigenvalue weighted by atomic mass is 10.1. The topological polar surface area (TPSA) is 101 Å². The standard InChI is InChI=1S/C17H28N2O6S/c1-5-18(14-6-7-26(23,24)10-14)16(21)12(4)25-17(22)13-8-15(20)19(9-13)11(2)3/h11-14H,5-10H2,1-4H3. The van der Waals surface area contributed by atoms with Crippen LogP contribution in [0.3, 0.4) is 0 Å². The largest absolute Gasteiger partial charge is 0.452 e. The van der Waals surface area contributed by atoms with Gasteiger partial charge in [0.05, 0.1) is 17.4 Å². The first-order valence-electron chi connectivity index (χ1n) is 9.06. The number of sulfone groups is 1. The van der Waals surface area contributed by atoms with E-state index in [0.29, 0.717) is 19.5 Å². The molecule has 2 amide bonds. The number of ether oxygens (including phenoxy) is 1. The first-order chi connectivity index (χ1) is 12.1. The summed E-state index contributed by atoms with van der Waals surface area (Å²) in [6.45, 7) is 7.68. The molecule has 0 bridgehead atoms. The third-order valence-electron chi connectivity index (χ3n) is 5.03. The van der Waals surface area contributed by atoms with Crippen molar-refractivity contribution in [3.8, 4) is 0 Å². The fourth-order valence-corrected chi connectivity index (χ4v) is 5.29.